The van der Waals surface area contributed by atoms with Gasteiger partial charge in [-0.3, -0.25) is 4.79 Å². The molecular formula is C16H12ClF5N2O. The summed E-state index contributed by atoms with van der Waals surface area (Å²) in [5, 5.41) is 4.59. The van der Waals surface area contributed by atoms with Crippen LogP contribution in [-0.2, 0) is 11.0 Å². The minimum Gasteiger partial charge on any atom is -0.374 e. The van der Waals surface area contributed by atoms with Gasteiger partial charge in [-0.25, -0.2) is 8.78 Å². The van der Waals surface area contributed by atoms with E-state index >= 15 is 0 Å². The van der Waals surface area contributed by atoms with Crippen LogP contribution in [-0.4, -0.2) is 11.9 Å². The molecule has 2 aromatic rings. The van der Waals surface area contributed by atoms with Crippen LogP contribution < -0.4 is 10.6 Å². The lowest BCUT2D eigenvalue weighted by atomic mass is 10.1. The minimum absolute atomic E-state index is 0.105. The van der Waals surface area contributed by atoms with E-state index in [9.17, 15) is 26.7 Å². The monoisotopic (exact) mass is 378 g/mol. The molecule has 25 heavy (non-hydrogen) atoms. The quantitative estimate of drug-likeness (QED) is 0.729. The average molecular weight is 379 g/mol. The zero-order valence-corrected chi connectivity index (χ0v) is 13.5. The molecule has 0 fully saturated rings. The Morgan fingerprint density at radius 2 is 1.76 bits per heavy atom. The third-order valence-electron chi connectivity index (χ3n) is 3.24. The number of rotatable bonds is 4. The van der Waals surface area contributed by atoms with Crippen LogP contribution in [0.1, 0.15) is 12.5 Å². The third-order valence-corrected chi connectivity index (χ3v) is 3.48. The van der Waals surface area contributed by atoms with Crippen LogP contribution >= 0.6 is 11.6 Å². The Bertz CT molecular complexity index is 795. The number of anilines is 2. The number of carbonyl (C=O) groups excluding carboxylic acids is 1. The Morgan fingerprint density at radius 3 is 2.36 bits per heavy atom. The predicted octanol–water partition coefficient (Wildman–Crippen LogP) is 5.08. The molecule has 0 saturated heterocycles. The first-order chi connectivity index (χ1) is 11.6. The maximum absolute atomic E-state index is 13.1. The highest BCUT2D eigenvalue weighted by atomic mass is 35.5. The average Bonchev–Trinajstić information content (AvgIpc) is 2.51. The summed E-state index contributed by atoms with van der Waals surface area (Å²) in [5.74, 6) is -2.97. The number of hydrogen-bond acceptors (Lipinski definition) is 2. The zero-order valence-electron chi connectivity index (χ0n) is 12.7. The molecule has 2 N–H and O–H groups in total. The highest BCUT2D eigenvalue weighted by Crippen LogP contribution is 2.36. The SMILES string of the molecule is CC(Nc1ccc(F)c(F)c1)C(=O)Nc1ccc(Cl)cc1C(F)(F)F. The van der Waals surface area contributed by atoms with Gasteiger partial charge >= 0.3 is 6.18 Å². The Kier molecular flexibility index (Phi) is 5.52. The van der Waals surface area contributed by atoms with Crippen LogP contribution in [0.25, 0.3) is 0 Å². The number of hydrogen-bond donors (Lipinski definition) is 2. The van der Waals surface area contributed by atoms with Gasteiger partial charge in [0.1, 0.15) is 6.04 Å². The second-order valence-corrected chi connectivity index (χ2v) is 5.61. The first-order valence-electron chi connectivity index (χ1n) is 6.97. The summed E-state index contributed by atoms with van der Waals surface area (Å²) in [6.45, 7) is 1.36. The molecule has 0 aliphatic rings. The van der Waals surface area contributed by atoms with E-state index in [2.05, 4.69) is 10.6 Å². The highest BCUT2D eigenvalue weighted by molar-refractivity contribution is 6.30. The van der Waals surface area contributed by atoms with Gasteiger partial charge in [0.2, 0.25) is 5.91 Å². The van der Waals surface area contributed by atoms with Gasteiger partial charge in [-0.15, -0.1) is 0 Å². The van der Waals surface area contributed by atoms with Crippen molar-refractivity contribution in [3.05, 3.63) is 58.6 Å². The molecule has 1 amide bonds. The fourth-order valence-corrected chi connectivity index (χ4v) is 2.17. The van der Waals surface area contributed by atoms with Crippen LogP contribution in [0.15, 0.2) is 36.4 Å². The van der Waals surface area contributed by atoms with Crippen LogP contribution in [0, 0.1) is 11.6 Å². The first-order valence-corrected chi connectivity index (χ1v) is 7.35. The second kappa shape index (κ2) is 7.26. The van der Waals surface area contributed by atoms with Gasteiger partial charge in [0.25, 0.3) is 0 Å². The number of carbonyl (C=O) groups is 1. The van der Waals surface area contributed by atoms with Gasteiger partial charge in [0, 0.05) is 16.8 Å². The molecule has 3 nitrogen and oxygen atoms in total. The summed E-state index contributed by atoms with van der Waals surface area (Å²) in [6.07, 6.45) is -4.70. The number of halogens is 6. The molecule has 0 heterocycles. The van der Waals surface area contributed by atoms with E-state index < -0.39 is 41.0 Å². The van der Waals surface area contributed by atoms with Crippen LogP contribution in [0.4, 0.5) is 33.3 Å². The van der Waals surface area contributed by atoms with E-state index in [1.54, 1.807) is 0 Å². The molecule has 0 spiro atoms. The predicted molar refractivity (Wildman–Crippen MR) is 84.5 cm³/mol. The van der Waals surface area contributed by atoms with Gasteiger partial charge in [-0.05, 0) is 37.3 Å². The van der Waals surface area contributed by atoms with E-state index in [1.807, 2.05) is 0 Å². The molecule has 0 aromatic heterocycles. The Hall–Kier alpha value is -2.35. The summed E-state index contributed by atoms with van der Waals surface area (Å²) in [6, 6.07) is 4.83. The second-order valence-electron chi connectivity index (χ2n) is 5.17. The summed E-state index contributed by atoms with van der Waals surface area (Å²) < 4.78 is 65.0. The lowest BCUT2D eigenvalue weighted by Gasteiger charge is -2.18. The zero-order chi connectivity index (χ0) is 18.8. The highest BCUT2D eigenvalue weighted by Gasteiger charge is 2.34. The van der Waals surface area contributed by atoms with Crippen LogP contribution in [0.2, 0.25) is 5.02 Å². The van der Waals surface area contributed by atoms with Crippen molar-refractivity contribution in [2.24, 2.45) is 0 Å². The third kappa shape index (κ3) is 4.82. The number of alkyl halides is 3. The fourth-order valence-electron chi connectivity index (χ4n) is 2.00. The summed E-state index contributed by atoms with van der Waals surface area (Å²) in [4.78, 5) is 12.1. The molecule has 2 aromatic carbocycles. The lowest BCUT2D eigenvalue weighted by molar-refractivity contribution is -0.137. The minimum atomic E-state index is -4.70. The molecular weight excluding hydrogens is 367 g/mol. The standard InChI is InChI=1S/C16H12ClF5N2O/c1-8(23-10-3-4-12(18)13(19)7-10)15(25)24-14-5-2-9(17)6-11(14)16(20,21)22/h2-8,23H,1H3,(H,24,25). The van der Waals surface area contributed by atoms with Crippen molar-refractivity contribution in [2.45, 2.75) is 19.1 Å². The molecule has 1 unspecified atom stereocenters. The van der Waals surface area contributed by atoms with Gasteiger partial charge < -0.3 is 10.6 Å². The van der Waals surface area contributed by atoms with Crippen molar-refractivity contribution in [3.63, 3.8) is 0 Å². The maximum atomic E-state index is 13.1. The smallest absolute Gasteiger partial charge is 0.374 e. The van der Waals surface area contributed by atoms with E-state index in [0.717, 1.165) is 18.2 Å². The largest absolute Gasteiger partial charge is 0.418 e. The van der Waals surface area contributed by atoms with E-state index in [0.29, 0.717) is 6.07 Å². The van der Waals surface area contributed by atoms with Crippen molar-refractivity contribution >= 4 is 28.9 Å². The van der Waals surface area contributed by atoms with Crippen LogP contribution in [0.5, 0.6) is 0 Å². The lowest BCUT2D eigenvalue weighted by Crippen LogP contribution is -2.32. The molecule has 0 saturated carbocycles. The molecule has 2 rings (SSSR count). The fraction of sp³-hybridized carbons (Fsp3) is 0.188. The summed E-state index contributed by atoms with van der Waals surface area (Å²) >= 11 is 5.57. The van der Waals surface area contributed by atoms with Crippen molar-refractivity contribution in [2.75, 3.05) is 10.6 Å². The Morgan fingerprint density at radius 1 is 1.08 bits per heavy atom. The Balaban J connectivity index is 2.15. The Labute approximate surface area is 144 Å². The molecule has 134 valence electrons. The van der Waals surface area contributed by atoms with Crippen LogP contribution in [0.3, 0.4) is 0 Å². The van der Waals surface area contributed by atoms with E-state index in [4.69, 9.17) is 11.6 Å². The van der Waals surface area contributed by atoms with Crippen molar-refractivity contribution in [1.82, 2.24) is 0 Å². The molecule has 9 heteroatoms. The maximum Gasteiger partial charge on any atom is 0.418 e. The van der Waals surface area contributed by atoms with Gasteiger partial charge in [-0.2, -0.15) is 13.2 Å². The number of benzene rings is 2. The van der Waals surface area contributed by atoms with E-state index in [-0.39, 0.29) is 10.7 Å². The normalized spacial score (nSPS) is 12.6. The van der Waals surface area contributed by atoms with Crippen molar-refractivity contribution in [3.8, 4) is 0 Å². The molecule has 0 aliphatic heterocycles. The number of amides is 1. The molecule has 0 aliphatic carbocycles. The van der Waals surface area contributed by atoms with Gasteiger partial charge in [-0.1, -0.05) is 11.6 Å². The van der Waals surface area contributed by atoms with Gasteiger partial charge in [0.15, 0.2) is 11.6 Å². The van der Waals surface area contributed by atoms with Crippen molar-refractivity contribution < 1.29 is 26.7 Å². The van der Waals surface area contributed by atoms with Gasteiger partial charge in [0.05, 0.1) is 11.3 Å². The molecule has 0 bridgehead atoms. The number of nitrogens with one attached hydrogen (secondary N) is 2. The topological polar surface area (TPSA) is 41.1 Å². The van der Waals surface area contributed by atoms with Crippen molar-refractivity contribution in [1.29, 1.82) is 0 Å². The van der Waals surface area contributed by atoms with E-state index in [1.165, 1.54) is 19.1 Å². The summed E-state index contributed by atoms with van der Waals surface area (Å²) in [5.41, 5.74) is -1.44. The summed E-state index contributed by atoms with van der Waals surface area (Å²) in [7, 11) is 0. The first kappa shape index (κ1) is 19.0. The molecule has 0 radical (unpaired) electrons. The molecule has 1 atom stereocenters.